The molecule has 1 aliphatic heterocycles. The minimum absolute atomic E-state index is 0.187. The van der Waals surface area contributed by atoms with E-state index in [4.69, 9.17) is 0 Å². The highest BCUT2D eigenvalue weighted by atomic mass is 32.2. The highest BCUT2D eigenvalue weighted by Crippen LogP contribution is 2.27. The van der Waals surface area contributed by atoms with Crippen molar-refractivity contribution in [1.29, 1.82) is 0 Å². The van der Waals surface area contributed by atoms with Gasteiger partial charge in [-0.2, -0.15) is 0 Å². The third-order valence-corrected chi connectivity index (χ3v) is 3.52. The number of carbonyl (C=O) groups excluding carboxylic acids is 1. The van der Waals surface area contributed by atoms with Crippen molar-refractivity contribution in [1.82, 2.24) is 9.88 Å². The first-order valence-corrected chi connectivity index (χ1v) is 6.29. The summed E-state index contributed by atoms with van der Waals surface area (Å²) in [4.78, 5) is 18.5. The van der Waals surface area contributed by atoms with Gasteiger partial charge in [0.2, 0.25) is 0 Å². The molecule has 0 saturated carbocycles. The number of esters is 1. The van der Waals surface area contributed by atoms with Gasteiger partial charge < -0.3 is 4.74 Å². The van der Waals surface area contributed by atoms with Gasteiger partial charge in [-0.1, -0.05) is 6.07 Å². The van der Waals surface area contributed by atoms with Gasteiger partial charge in [-0.3, -0.25) is 14.7 Å². The molecule has 0 radical (unpaired) electrons. The quantitative estimate of drug-likeness (QED) is 0.762. The van der Waals surface area contributed by atoms with E-state index in [2.05, 4.69) is 20.7 Å². The lowest BCUT2D eigenvalue weighted by molar-refractivity contribution is -0.141. The Morgan fingerprint density at radius 1 is 1.71 bits per heavy atom. The summed E-state index contributed by atoms with van der Waals surface area (Å²) in [6.45, 7) is 1.16. The Morgan fingerprint density at radius 2 is 2.59 bits per heavy atom. The van der Waals surface area contributed by atoms with Crippen molar-refractivity contribution >= 4 is 23.8 Å². The molecular formula is C12H14N2O2S. The fourth-order valence-electron chi connectivity index (χ4n) is 1.57. The molecule has 1 fully saturated rings. The van der Waals surface area contributed by atoms with E-state index in [0.29, 0.717) is 6.54 Å². The molecule has 0 unspecified atom stereocenters. The molecular weight excluding hydrogens is 236 g/mol. The van der Waals surface area contributed by atoms with Gasteiger partial charge in [-0.05, 0) is 17.7 Å². The zero-order valence-electron chi connectivity index (χ0n) is 9.63. The molecule has 0 bridgehead atoms. The summed E-state index contributed by atoms with van der Waals surface area (Å²) in [6.07, 6.45) is 5.69. The second-order valence-electron chi connectivity index (χ2n) is 3.73. The average molecular weight is 250 g/mol. The molecule has 17 heavy (non-hydrogen) atoms. The number of nitrogens with zero attached hydrogens (tertiary/aromatic N) is 2. The van der Waals surface area contributed by atoms with Crippen molar-refractivity contribution in [3.63, 3.8) is 0 Å². The van der Waals surface area contributed by atoms with Crippen molar-refractivity contribution in [3.05, 3.63) is 35.0 Å². The monoisotopic (exact) mass is 250 g/mol. The standard InChI is InChI=1S/C12H14N2O2S/c1-16-12(15)8-14-7-11(17-9-14)5-10-3-2-4-13-6-10/h2-6H,7-9H2,1H3. The first-order valence-electron chi connectivity index (χ1n) is 5.30. The van der Waals surface area contributed by atoms with Crippen LogP contribution in [0.1, 0.15) is 5.56 Å². The number of methoxy groups -OCH3 is 1. The van der Waals surface area contributed by atoms with E-state index in [-0.39, 0.29) is 5.97 Å². The van der Waals surface area contributed by atoms with Gasteiger partial charge in [0.15, 0.2) is 0 Å². The second kappa shape index (κ2) is 5.84. The van der Waals surface area contributed by atoms with Crippen LogP contribution in [0, 0.1) is 0 Å². The molecule has 5 heteroatoms. The van der Waals surface area contributed by atoms with Gasteiger partial charge in [0.1, 0.15) is 0 Å². The van der Waals surface area contributed by atoms with E-state index in [9.17, 15) is 4.79 Å². The lowest BCUT2D eigenvalue weighted by Crippen LogP contribution is -2.27. The van der Waals surface area contributed by atoms with E-state index >= 15 is 0 Å². The summed E-state index contributed by atoms with van der Waals surface area (Å²) in [5.41, 5.74) is 1.09. The van der Waals surface area contributed by atoms with Crippen molar-refractivity contribution in [3.8, 4) is 0 Å². The summed E-state index contributed by atoms with van der Waals surface area (Å²) < 4.78 is 4.65. The van der Waals surface area contributed by atoms with Crippen LogP contribution in [0.15, 0.2) is 29.4 Å². The van der Waals surface area contributed by atoms with Crippen molar-refractivity contribution in [2.45, 2.75) is 0 Å². The van der Waals surface area contributed by atoms with Crippen LogP contribution in [-0.4, -0.2) is 41.9 Å². The number of hydrogen-bond donors (Lipinski definition) is 0. The van der Waals surface area contributed by atoms with E-state index in [1.807, 2.05) is 18.3 Å². The van der Waals surface area contributed by atoms with Crippen LogP contribution in [0.5, 0.6) is 0 Å². The SMILES string of the molecule is COC(=O)CN1CSC(=Cc2cccnc2)C1. The molecule has 0 atom stereocenters. The fraction of sp³-hybridized carbons (Fsp3) is 0.333. The minimum atomic E-state index is -0.187. The number of hydrogen-bond acceptors (Lipinski definition) is 5. The average Bonchev–Trinajstić information content (AvgIpc) is 2.77. The number of pyridine rings is 1. The molecule has 1 aromatic heterocycles. The molecule has 0 aromatic carbocycles. The first kappa shape index (κ1) is 12.1. The van der Waals surface area contributed by atoms with Crippen LogP contribution >= 0.6 is 11.8 Å². The van der Waals surface area contributed by atoms with Crippen LogP contribution < -0.4 is 0 Å². The summed E-state index contributed by atoms with van der Waals surface area (Å²) in [5, 5.41) is 0. The maximum atomic E-state index is 11.1. The number of ether oxygens (including phenoxy) is 1. The third kappa shape index (κ3) is 3.57. The van der Waals surface area contributed by atoms with Crippen LogP contribution in [0.2, 0.25) is 0 Å². The number of carbonyl (C=O) groups is 1. The van der Waals surface area contributed by atoms with Gasteiger partial charge >= 0.3 is 5.97 Å². The third-order valence-electron chi connectivity index (χ3n) is 2.40. The number of rotatable bonds is 3. The Kier molecular flexibility index (Phi) is 4.17. The molecule has 1 aromatic rings. The van der Waals surface area contributed by atoms with Crippen LogP contribution in [0.25, 0.3) is 6.08 Å². The molecule has 0 amide bonds. The molecule has 1 aliphatic rings. The highest BCUT2D eigenvalue weighted by Gasteiger charge is 2.19. The van der Waals surface area contributed by atoms with Crippen LogP contribution in [0.3, 0.4) is 0 Å². The molecule has 90 valence electrons. The summed E-state index contributed by atoms with van der Waals surface area (Å²) in [5.74, 6) is 0.648. The summed E-state index contributed by atoms with van der Waals surface area (Å²) >= 11 is 1.75. The van der Waals surface area contributed by atoms with Gasteiger partial charge in [0.25, 0.3) is 0 Å². The Morgan fingerprint density at radius 3 is 3.29 bits per heavy atom. The molecule has 0 aliphatic carbocycles. The molecule has 2 heterocycles. The van der Waals surface area contributed by atoms with E-state index in [1.165, 1.54) is 12.0 Å². The predicted molar refractivity (Wildman–Crippen MR) is 68.3 cm³/mol. The lowest BCUT2D eigenvalue weighted by atomic mass is 10.2. The summed E-state index contributed by atoms with van der Waals surface area (Å²) in [6, 6.07) is 3.93. The smallest absolute Gasteiger partial charge is 0.319 e. The van der Waals surface area contributed by atoms with Crippen molar-refractivity contribution in [2.24, 2.45) is 0 Å². The maximum absolute atomic E-state index is 11.1. The zero-order valence-corrected chi connectivity index (χ0v) is 10.4. The Bertz CT molecular complexity index is 420. The van der Waals surface area contributed by atoms with E-state index in [1.54, 1.807) is 18.0 Å². The maximum Gasteiger partial charge on any atom is 0.319 e. The van der Waals surface area contributed by atoms with Crippen molar-refractivity contribution < 1.29 is 9.53 Å². The topological polar surface area (TPSA) is 42.4 Å². The second-order valence-corrected chi connectivity index (χ2v) is 4.80. The lowest BCUT2D eigenvalue weighted by Gasteiger charge is -2.10. The van der Waals surface area contributed by atoms with E-state index < -0.39 is 0 Å². The van der Waals surface area contributed by atoms with Gasteiger partial charge in [0, 0.05) is 29.7 Å². The molecule has 2 rings (SSSR count). The van der Waals surface area contributed by atoms with Gasteiger partial charge in [0.05, 0.1) is 13.7 Å². The zero-order chi connectivity index (χ0) is 12.1. The number of aromatic nitrogens is 1. The van der Waals surface area contributed by atoms with E-state index in [0.717, 1.165) is 18.0 Å². The largest absolute Gasteiger partial charge is 0.468 e. The Balaban J connectivity index is 1.94. The molecule has 1 saturated heterocycles. The fourth-order valence-corrected chi connectivity index (χ4v) is 2.59. The van der Waals surface area contributed by atoms with Crippen LogP contribution in [-0.2, 0) is 9.53 Å². The summed E-state index contributed by atoms with van der Waals surface area (Å²) in [7, 11) is 1.41. The molecule has 4 nitrogen and oxygen atoms in total. The van der Waals surface area contributed by atoms with Gasteiger partial charge in [-0.15, -0.1) is 11.8 Å². The highest BCUT2D eigenvalue weighted by molar-refractivity contribution is 8.03. The Hall–Kier alpha value is -1.33. The normalized spacial score (nSPS) is 18.5. The predicted octanol–water partition coefficient (Wildman–Crippen LogP) is 1.60. The molecule has 0 spiro atoms. The van der Waals surface area contributed by atoms with Gasteiger partial charge in [-0.25, -0.2) is 0 Å². The first-order chi connectivity index (χ1) is 8.28. The minimum Gasteiger partial charge on any atom is -0.468 e. The number of thioether (sulfide) groups is 1. The van der Waals surface area contributed by atoms with Crippen molar-refractivity contribution in [2.75, 3.05) is 26.1 Å². The Labute approximate surface area is 105 Å². The molecule has 0 N–H and O–H groups in total. The van der Waals surface area contributed by atoms with Crippen LogP contribution in [0.4, 0.5) is 0 Å².